The van der Waals surface area contributed by atoms with Crippen molar-refractivity contribution in [3.8, 4) is 0 Å². The van der Waals surface area contributed by atoms with Crippen LogP contribution in [0.4, 0.5) is 0 Å². The largest absolute Gasteiger partial charge is 0.385 e. The minimum absolute atomic E-state index is 0.378. The van der Waals surface area contributed by atoms with Crippen LogP contribution in [0, 0.1) is 0 Å². The van der Waals surface area contributed by atoms with E-state index in [4.69, 9.17) is 14.2 Å². The van der Waals surface area contributed by atoms with Gasteiger partial charge in [-0.15, -0.1) is 0 Å². The van der Waals surface area contributed by atoms with Crippen molar-refractivity contribution in [1.82, 2.24) is 5.32 Å². The Morgan fingerprint density at radius 3 is 2.68 bits per heavy atom. The maximum Gasteiger partial charge on any atom is 0.0729 e. The SMILES string of the molecule is CCCNC1CCCCC1OCCOCCCOC. The third kappa shape index (κ3) is 7.88. The maximum atomic E-state index is 5.98. The lowest BCUT2D eigenvalue weighted by Gasteiger charge is -2.32. The highest BCUT2D eigenvalue weighted by Crippen LogP contribution is 2.21. The third-order valence-corrected chi connectivity index (χ3v) is 3.56. The van der Waals surface area contributed by atoms with Crippen molar-refractivity contribution in [2.45, 2.75) is 57.6 Å². The summed E-state index contributed by atoms with van der Waals surface area (Å²) in [6, 6.07) is 0.544. The zero-order valence-corrected chi connectivity index (χ0v) is 12.7. The Kier molecular flexibility index (Phi) is 10.4. The molecule has 1 aliphatic carbocycles. The van der Waals surface area contributed by atoms with Crippen LogP contribution in [0.25, 0.3) is 0 Å². The molecule has 1 saturated carbocycles. The number of rotatable bonds is 11. The summed E-state index contributed by atoms with van der Waals surface area (Å²) in [6.45, 7) is 6.24. The molecular formula is C15H31NO3. The van der Waals surface area contributed by atoms with Crippen LogP contribution in [0.15, 0.2) is 0 Å². The first-order chi connectivity index (χ1) is 9.38. The topological polar surface area (TPSA) is 39.7 Å². The van der Waals surface area contributed by atoms with Crippen molar-refractivity contribution in [1.29, 1.82) is 0 Å². The Bertz CT molecular complexity index is 202. The minimum Gasteiger partial charge on any atom is -0.385 e. The van der Waals surface area contributed by atoms with Crippen molar-refractivity contribution < 1.29 is 14.2 Å². The lowest BCUT2D eigenvalue weighted by atomic mass is 9.92. The van der Waals surface area contributed by atoms with Gasteiger partial charge >= 0.3 is 0 Å². The molecule has 1 N–H and O–H groups in total. The summed E-state index contributed by atoms with van der Waals surface area (Å²) in [5.74, 6) is 0. The Hall–Kier alpha value is -0.160. The first kappa shape index (κ1) is 16.9. The Morgan fingerprint density at radius 2 is 1.89 bits per heavy atom. The Balaban J connectivity index is 2.04. The van der Waals surface area contributed by atoms with Gasteiger partial charge in [-0.25, -0.2) is 0 Å². The number of hydrogen-bond acceptors (Lipinski definition) is 4. The van der Waals surface area contributed by atoms with Gasteiger partial charge in [0.25, 0.3) is 0 Å². The summed E-state index contributed by atoms with van der Waals surface area (Å²) >= 11 is 0. The van der Waals surface area contributed by atoms with E-state index in [0.29, 0.717) is 25.4 Å². The fourth-order valence-electron chi connectivity index (χ4n) is 2.53. The molecule has 0 aromatic rings. The number of ether oxygens (including phenoxy) is 3. The van der Waals surface area contributed by atoms with Gasteiger partial charge in [-0.3, -0.25) is 0 Å². The standard InChI is InChI=1S/C15H31NO3/c1-3-9-16-14-7-4-5-8-15(14)19-13-12-18-11-6-10-17-2/h14-16H,3-13H2,1-2H3. The molecule has 0 spiro atoms. The van der Waals surface area contributed by atoms with Crippen LogP contribution >= 0.6 is 0 Å². The van der Waals surface area contributed by atoms with Crippen molar-refractivity contribution in [3.05, 3.63) is 0 Å². The molecule has 0 bridgehead atoms. The molecule has 0 radical (unpaired) electrons. The average molecular weight is 273 g/mol. The van der Waals surface area contributed by atoms with Gasteiger partial charge in [-0.1, -0.05) is 19.8 Å². The smallest absolute Gasteiger partial charge is 0.0729 e. The molecule has 2 atom stereocenters. The molecule has 4 heteroatoms. The van der Waals surface area contributed by atoms with Gasteiger partial charge in [0.15, 0.2) is 0 Å². The molecule has 0 aliphatic heterocycles. The third-order valence-electron chi connectivity index (χ3n) is 3.56. The molecule has 4 nitrogen and oxygen atoms in total. The summed E-state index contributed by atoms with van der Waals surface area (Å²) in [5.41, 5.74) is 0. The molecule has 0 amide bonds. The van der Waals surface area contributed by atoms with E-state index in [9.17, 15) is 0 Å². The van der Waals surface area contributed by atoms with E-state index in [1.54, 1.807) is 7.11 Å². The van der Waals surface area contributed by atoms with Crippen molar-refractivity contribution in [2.24, 2.45) is 0 Å². The Labute approximate surface area is 118 Å². The van der Waals surface area contributed by atoms with Gasteiger partial charge in [0.2, 0.25) is 0 Å². The highest BCUT2D eigenvalue weighted by atomic mass is 16.5. The molecule has 114 valence electrons. The van der Waals surface area contributed by atoms with Crippen LogP contribution in [0.5, 0.6) is 0 Å². The maximum absolute atomic E-state index is 5.98. The van der Waals surface area contributed by atoms with Gasteiger partial charge in [-0.05, 0) is 32.2 Å². The van der Waals surface area contributed by atoms with E-state index in [2.05, 4.69) is 12.2 Å². The van der Waals surface area contributed by atoms with Gasteiger partial charge < -0.3 is 19.5 Å². The van der Waals surface area contributed by atoms with Crippen LogP contribution in [-0.4, -0.2) is 52.2 Å². The fourth-order valence-corrected chi connectivity index (χ4v) is 2.53. The molecule has 2 unspecified atom stereocenters. The summed E-state index contributed by atoms with van der Waals surface area (Å²) in [6.07, 6.45) is 7.58. The molecule has 1 rings (SSSR count). The van der Waals surface area contributed by atoms with E-state index in [1.807, 2.05) is 0 Å². The van der Waals surface area contributed by atoms with Crippen LogP contribution in [0.3, 0.4) is 0 Å². The van der Waals surface area contributed by atoms with Crippen LogP contribution in [0.2, 0.25) is 0 Å². The zero-order chi connectivity index (χ0) is 13.8. The zero-order valence-electron chi connectivity index (χ0n) is 12.7. The fraction of sp³-hybridized carbons (Fsp3) is 1.00. The predicted octanol–water partition coefficient (Wildman–Crippen LogP) is 2.37. The van der Waals surface area contributed by atoms with E-state index in [1.165, 1.54) is 32.1 Å². The molecule has 1 aliphatic rings. The van der Waals surface area contributed by atoms with Gasteiger partial charge in [0.1, 0.15) is 0 Å². The minimum atomic E-state index is 0.378. The predicted molar refractivity (Wildman–Crippen MR) is 77.6 cm³/mol. The quantitative estimate of drug-likeness (QED) is 0.587. The highest BCUT2D eigenvalue weighted by Gasteiger charge is 2.24. The van der Waals surface area contributed by atoms with E-state index in [-0.39, 0.29) is 0 Å². The highest BCUT2D eigenvalue weighted by molar-refractivity contribution is 4.81. The molecule has 0 heterocycles. The molecule has 0 aromatic heterocycles. The normalized spacial score (nSPS) is 23.7. The van der Waals surface area contributed by atoms with E-state index in [0.717, 1.165) is 26.2 Å². The average Bonchev–Trinajstić information content (AvgIpc) is 2.45. The first-order valence-corrected chi connectivity index (χ1v) is 7.80. The summed E-state index contributed by atoms with van der Waals surface area (Å²) < 4.78 is 16.5. The second kappa shape index (κ2) is 11.6. The van der Waals surface area contributed by atoms with Crippen LogP contribution < -0.4 is 5.32 Å². The lowest BCUT2D eigenvalue weighted by Crippen LogP contribution is -2.44. The second-order valence-electron chi connectivity index (χ2n) is 5.21. The lowest BCUT2D eigenvalue weighted by molar-refractivity contribution is -0.0271. The van der Waals surface area contributed by atoms with Gasteiger partial charge in [-0.2, -0.15) is 0 Å². The van der Waals surface area contributed by atoms with Crippen molar-refractivity contribution >= 4 is 0 Å². The van der Waals surface area contributed by atoms with Crippen molar-refractivity contribution in [3.63, 3.8) is 0 Å². The van der Waals surface area contributed by atoms with E-state index < -0.39 is 0 Å². The monoisotopic (exact) mass is 273 g/mol. The summed E-state index contributed by atoms with van der Waals surface area (Å²) in [4.78, 5) is 0. The number of nitrogens with one attached hydrogen (secondary N) is 1. The number of methoxy groups -OCH3 is 1. The first-order valence-electron chi connectivity index (χ1n) is 7.80. The molecule has 0 saturated heterocycles. The number of hydrogen-bond donors (Lipinski definition) is 1. The summed E-state index contributed by atoms with van der Waals surface area (Å²) in [7, 11) is 1.72. The molecular weight excluding hydrogens is 242 g/mol. The van der Waals surface area contributed by atoms with Gasteiger partial charge in [0, 0.05) is 26.4 Å². The Morgan fingerprint density at radius 1 is 1.05 bits per heavy atom. The van der Waals surface area contributed by atoms with Crippen LogP contribution in [0.1, 0.15) is 45.4 Å². The molecule has 19 heavy (non-hydrogen) atoms. The summed E-state index contributed by atoms with van der Waals surface area (Å²) in [5, 5.41) is 3.61. The van der Waals surface area contributed by atoms with E-state index >= 15 is 0 Å². The van der Waals surface area contributed by atoms with Crippen molar-refractivity contribution in [2.75, 3.05) is 40.1 Å². The second-order valence-corrected chi connectivity index (χ2v) is 5.21. The van der Waals surface area contributed by atoms with Gasteiger partial charge in [0.05, 0.1) is 19.3 Å². The molecule has 1 fully saturated rings. The van der Waals surface area contributed by atoms with Crippen LogP contribution in [-0.2, 0) is 14.2 Å². The molecule has 0 aromatic carbocycles.